The zero-order chi connectivity index (χ0) is 13.7. The first-order chi connectivity index (χ1) is 9.13. The molecule has 1 N–H and O–H groups in total. The highest BCUT2D eigenvalue weighted by Crippen LogP contribution is 2.18. The maximum Gasteiger partial charge on any atom is 0.387 e. The van der Waals surface area contributed by atoms with Crippen molar-refractivity contribution in [2.75, 3.05) is 6.54 Å². The molecule has 0 unspecified atom stereocenters. The van der Waals surface area contributed by atoms with Crippen molar-refractivity contribution >= 4 is 0 Å². The van der Waals surface area contributed by atoms with E-state index in [2.05, 4.69) is 17.0 Å². The standard InChI is InChI=1S/C14H19F2NO2/c1-10-5-6-13(8-17-10)18-9-11-3-2-4-12(7-11)19-14(15)16/h2-4,7,10,13-14,17H,5-6,8-9H2,1H3/t10-,13+/m1/s1. The van der Waals surface area contributed by atoms with Gasteiger partial charge in [0.1, 0.15) is 5.75 Å². The molecule has 1 aliphatic rings. The third kappa shape index (κ3) is 4.76. The molecule has 1 heterocycles. The molecule has 2 atom stereocenters. The Morgan fingerprint density at radius 1 is 1.37 bits per heavy atom. The molecule has 0 saturated carbocycles. The molecule has 0 aliphatic carbocycles. The number of hydrogen-bond acceptors (Lipinski definition) is 3. The van der Waals surface area contributed by atoms with Crippen molar-refractivity contribution in [3.63, 3.8) is 0 Å². The van der Waals surface area contributed by atoms with E-state index >= 15 is 0 Å². The summed E-state index contributed by atoms with van der Waals surface area (Å²) in [6, 6.07) is 7.18. The van der Waals surface area contributed by atoms with Crippen molar-refractivity contribution in [1.29, 1.82) is 0 Å². The first-order valence-corrected chi connectivity index (χ1v) is 6.52. The maximum atomic E-state index is 12.1. The number of piperidine rings is 1. The predicted molar refractivity (Wildman–Crippen MR) is 68.3 cm³/mol. The van der Waals surface area contributed by atoms with Gasteiger partial charge in [-0.15, -0.1) is 0 Å². The third-order valence-corrected chi connectivity index (χ3v) is 3.22. The molecule has 0 amide bonds. The lowest BCUT2D eigenvalue weighted by Crippen LogP contribution is -2.40. The monoisotopic (exact) mass is 271 g/mol. The maximum absolute atomic E-state index is 12.1. The molecule has 0 radical (unpaired) electrons. The molecular weight excluding hydrogens is 252 g/mol. The van der Waals surface area contributed by atoms with Crippen LogP contribution in [0.3, 0.4) is 0 Å². The Kier molecular flexibility index (Phi) is 5.10. The average molecular weight is 271 g/mol. The Morgan fingerprint density at radius 3 is 2.89 bits per heavy atom. The highest BCUT2D eigenvalue weighted by atomic mass is 19.3. The van der Waals surface area contributed by atoms with Crippen LogP contribution in [0.4, 0.5) is 8.78 Å². The van der Waals surface area contributed by atoms with Gasteiger partial charge in [0.15, 0.2) is 0 Å². The van der Waals surface area contributed by atoms with Gasteiger partial charge < -0.3 is 14.8 Å². The summed E-state index contributed by atoms with van der Waals surface area (Å²) in [5.41, 5.74) is 0.844. The van der Waals surface area contributed by atoms with E-state index in [4.69, 9.17) is 4.74 Å². The largest absolute Gasteiger partial charge is 0.435 e. The van der Waals surface area contributed by atoms with Crippen LogP contribution in [-0.2, 0) is 11.3 Å². The molecule has 106 valence electrons. The second-order valence-electron chi connectivity index (χ2n) is 4.85. The Bertz CT molecular complexity index is 393. The average Bonchev–Trinajstić information content (AvgIpc) is 2.38. The zero-order valence-corrected chi connectivity index (χ0v) is 10.9. The number of halogens is 2. The van der Waals surface area contributed by atoms with E-state index in [1.54, 1.807) is 12.1 Å². The van der Waals surface area contributed by atoms with Crippen molar-refractivity contribution in [3.8, 4) is 5.75 Å². The number of benzene rings is 1. The van der Waals surface area contributed by atoms with Crippen LogP contribution in [0.15, 0.2) is 24.3 Å². The van der Waals surface area contributed by atoms with Gasteiger partial charge in [0.2, 0.25) is 0 Å². The molecule has 1 aliphatic heterocycles. The molecule has 1 fully saturated rings. The van der Waals surface area contributed by atoms with Gasteiger partial charge >= 0.3 is 6.61 Å². The van der Waals surface area contributed by atoms with Crippen LogP contribution < -0.4 is 10.1 Å². The summed E-state index contributed by atoms with van der Waals surface area (Å²) in [6.45, 7) is 0.622. The van der Waals surface area contributed by atoms with Crippen LogP contribution in [0.2, 0.25) is 0 Å². The van der Waals surface area contributed by atoms with Gasteiger partial charge in [0, 0.05) is 12.6 Å². The minimum atomic E-state index is -2.79. The van der Waals surface area contributed by atoms with Gasteiger partial charge in [0.25, 0.3) is 0 Å². The third-order valence-electron chi connectivity index (χ3n) is 3.22. The van der Waals surface area contributed by atoms with E-state index in [1.165, 1.54) is 6.07 Å². The number of nitrogens with one attached hydrogen (secondary N) is 1. The van der Waals surface area contributed by atoms with Crippen molar-refractivity contribution in [2.45, 2.75) is 45.1 Å². The van der Waals surface area contributed by atoms with Crippen LogP contribution in [0.25, 0.3) is 0 Å². The minimum absolute atomic E-state index is 0.173. The molecule has 1 saturated heterocycles. The van der Waals surface area contributed by atoms with E-state index in [0.717, 1.165) is 24.9 Å². The topological polar surface area (TPSA) is 30.5 Å². The Hall–Kier alpha value is -1.20. The van der Waals surface area contributed by atoms with E-state index in [-0.39, 0.29) is 11.9 Å². The summed E-state index contributed by atoms with van der Waals surface area (Å²) < 4.78 is 34.3. The van der Waals surface area contributed by atoms with Gasteiger partial charge in [-0.2, -0.15) is 8.78 Å². The van der Waals surface area contributed by atoms with Gasteiger partial charge in [0.05, 0.1) is 12.7 Å². The van der Waals surface area contributed by atoms with Gasteiger partial charge in [-0.1, -0.05) is 12.1 Å². The molecule has 1 aromatic rings. The molecule has 1 aromatic carbocycles. The van der Waals surface area contributed by atoms with Crippen LogP contribution in [0, 0.1) is 0 Å². The van der Waals surface area contributed by atoms with Gasteiger partial charge in [-0.3, -0.25) is 0 Å². The molecule has 2 rings (SSSR count). The predicted octanol–water partition coefficient (Wildman–Crippen LogP) is 2.95. The lowest BCUT2D eigenvalue weighted by atomic mass is 10.0. The fourth-order valence-corrected chi connectivity index (χ4v) is 2.14. The second kappa shape index (κ2) is 6.82. The molecular formula is C14H19F2NO2. The van der Waals surface area contributed by atoms with E-state index in [9.17, 15) is 8.78 Å². The van der Waals surface area contributed by atoms with Crippen LogP contribution in [0.5, 0.6) is 5.75 Å². The molecule has 19 heavy (non-hydrogen) atoms. The van der Waals surface area contributed by atoms with Gasteiger partial charge in [-0.05, 0) is 37.5 Å². The molecule has 3 nitrogen and oxygen atoms in total. The van der Waals surface area contributed by atoms with E-state index < -0.39 is 6.61 Å². The molecule has 0 spiro atoms. The Balaban J connectivity index is 1.82. The first-order valence-electron chi connectivity index (χ1n) is 6.52. The number of rotatable bonds is 5. The first kappa shape index (κ1) is 14.2. The minimum Gasteiger partial charge on any atom is -0.435 e. The van der Waals surface area contributed by atoms with Crippen LogP contribution in [0.1, 0.15) is 25.3 Å². The highest BCUT2D eigenvalue weighted by molar-refractivity contribution is 5.28. The van der Waals surface area contributed by atoms with Crippen molar-refractivity contribution < 1.29 is 18.3 Å². The van der Waals surface area contributed by atoms with Crippen molar-refractivity contribution in [3.05, 3.63) is 29.8 Å². The SMILES string of the molecule is C[C@@H]1CC[C@H](OCc2cccc(OC(F)F)c2)CN1. The lowest BCUT2D eigenvalue weighted by molar-refractivity contribution is -0.0500. The Morgan fingerprint density at radius 2 is 2.21 bits per heavy atom. The summed E-state index contributed by atoms with van der Waals surface area (Å²) in [5.74, 6) is 0.173. The Labute approximate surface area is 111 Å². The fourth-order valence-electron chi connectivity index (χ4n) is 2.14. The summed E-state index contributed by atoms with van der Waals surface area (Å²) >= 11 is 0. The molecule has 5 heteroatoms. The van der Waals surface area contributed by atoms with Gasteiger partial charge in [-0.25, -0.2) is 0 Å². The highest BCUT2D eigenvalue weighted by Gasteiger charge is 2.17. The molecule has 0 bridgehead atoms. The fraction of sp³-hybridized carbons (Fsp3) is 0.571. The number of ether oxygens (including phenoxy) is 2. The van der Waals surface area contributed by atoms with Crippen LogP contribution >= 0.6 is 0 Å². The van der Waals surface area contributed by atoms with Crippen molar-refractivity contribution in [2.24, 2.45) is 0 Å². The van der Waals surface area contributed by atoms with E-state index in [0.29, 0.717) is 12.6 Å². The number of alkyl halides is 2. The summed E-state index contributed by atoms with van der Waals surface area (Å²) in [5, 5.41) is 3.36. The normalized spacial score (nSPS) is 23.6. The summed E-state index contributed by atoms with van der Waals surface area (Å²) in [6.07, 6.45) is 2.32. The summed E-state index contributed by atoms with van der Waals surface area (Å²) in [7, 11) is 0. The number of hydrogen-bond donors (Lipinski definition) is 1. The van der Waals surface area contributed by atoms with Crippen molar-refractivity contribution in [1.82, 2.24) is 5.32 Å². The zero-order valence-electron chi connectivity index (χ0n) is 10.9. The van der Waals surface area contributed by atoms with E-state index in [1.807, 2.05) is 6.07 Å². The smallest absolute Gasteiger partial charge is 0.387 e. The second-order valence-corrected chi connectivity index (χ2v) is 4.85. The van der Waals surface area contributed by atoms with Crippen LogP contribution in [-0.4, -0.2) is 25.3 Å². The lowest BCUT2D eigenvalue weighted by Gasteiger charge is -2.27. The molecule has 0 aromatic heterocycles. The summed E-state index contributed by atoms with van der Waals surface area (Å²) in [4.78, 5) is 0. The quantitative estimate of drug-likeness (QED) is 0.893.